The molecule has 0 unspecified atom stereocenters. The van der Waals surface area contributed by atoms with E-state index in [0.717, 1.165) is 11.1 Å². The van der Waals surface area contributed by atoms with E-state index in [1.165, 1.54) is 46.1 Å². The fourth-order valence-electron chi connectivity index (χ4n) is 3.91. The van der Waals surface area contributed by atoms with Crippen molar-refractivity contribution >= 4 is 48.1 Å². The summed E-state index contributed by atoms with van der Waals surface area (Å²) in [5.41, 5.74) is 2.23. The molecule has 35 heavy (non-hydrogen) atoms. The Hall–Kier alpha value is -2.80. The molecule has 4 rings (SSSR count). The minimum absolute atomic E-state index is 0.0535. The van der Waals surface area contributed by atoms with Gasteiger partial charge >= 0.3 is 0 Å². The molecule has 1 fully saturated rings. The van der Waals surface area contributed by atoms with Crippen LogP contribution in [0, 0.1) is 12.8 Å². The average molecular weight is 535 g/mol. The highest BCUT2D eigenvalue weighted by Gasteiger charge is 2.31. The van der Waals surface area contributed by atoms with Gasteiger partial charge in [0.15, 0.2) is 5.13 Å². The number of benzene rings is 2. The molecule has 1 aliphatic rings. The number of anilines is 2. The number of rotatable bonds is 8. The van der Waals surface area contributed by atoms with E-state index in [9.17, 15) is 21.6 Å². The molecular weight excluding hydrogens is 508 g/mol. The molecule has 0 atom stereocenters. The van der Waals surface area contributed by atoms with Gasteiger partial charge in [0.05, 0.1) is 10.6 Å². The van der Waals surface area contributed by atoms with Gasteiger partial charge in [-0.3, -0.25) is 9.52 Å². The predicted octanol–water partition coefficient (Wildman–Crippen LogP) is 3.43. The molecule has 0 spiro atoms. The van der Waals surface area contributed by atoms with Gasteiger partial charge in [0.25, 0.3) is 10.0 Å². The summed E-state index contributed by atoms with van der Waals surface area (Å²) in [6.45, 7) is 2.49. The highest BCUT2D eigenvalue weighted by Crippen LogP contribution is 2.24. The third kappa shape index (κ3) is 6.45. The minimum Gasteiger partial charge on any atom is -0.326 e. The summed E-state index contributed by atoms with van der Waals surface area (Å²) in [4.78, 5) is 16.7. The normalized spacial score (nSPS) is 15.6. The van der Waals surface area contributed by atoms with Crippen LogP contribution in [-0.4, -0.2) is 45.1 Å². The first-order valence-electron chi connectivity index (χ1n) is 11.0. The average Bonchev–Trinajstić information content (AvgIpc) is 3.31. The molecule has 0 bridgehead atoms. The summed E-state index contributed by atoms with van der Waals surface area (Å²) in [5.74, 6) is -0.592. The molecule has 1 aliphatic heterocycles. The number of piperidine rings is 1. The number of amides is 1. The van der Waals surface area contributed by atoms with Crippen LogP contribution in [0.15, 0.2) is 65.0 Å². The molecular formula is C23H26N4O5S3. The standard InChI is InChI=1S/C23H26N4O5S3/c1-17-3-2-4-18(15-17)16-34(29,30)27-12-9-19(10-13-27)22(28)25-20-5-7-21(8-6-20)35(31,32)26-23-24-11-14-33-23/h2-8,11,14-15,19H,9-10,12-13,16H2,1H3,(H,24,26)(H,25,28). The number of hydrogen-bond acceptors (Lipinski definition) is 7. The van der Waals surface area contributed by atoms with Gasteiger partial charge in [-0.05, 0) is 49.6 Å². The Kier molecular flexibility index (Phi) is 7.55. The van der Waals surface area contributed by atoms with Gasteiger partial charge in [-0.25, -0.2) is 26.1 Å². The SMILES string of the molecule is Cc1cccc(CS(=O)(=O)N2CCC(C(=O)Nc3ccc(S(=O)(=O)Nc4nccs4)cc3)CC2)c1. The van der Waals surface area contributed by atoms with Gasteiger partial charge in [-0.15, -0.1) is 11.3 Å². The van der Waals surface area contributed by atoms with Crippen molar-refractivity contribution in [2.75, 3.05) is 23.1 Å². The lowest BCUT2D eigenvalue weighted by Crippen LogP contribution is -2.41. The van der Waals surface area contributed by atoms with E-state index in [4.69, 9.17) is 0 Å². The summed E-state index contributed by atoms with van der Waals surface area (Å²) < 4.78 is 54.4. The fraction of sp³-hybridized carbons (Fsp3) is 0.304. The highest BCUT2D eigenvalue weighted by molar-refractivity contribution is 7.93. The molecule has 0 aliphatic carbocycles. The van der Waals surface area contributed by atoms with Crippen LogP contribution in [0.5, 0.6) is 0 Å². The van der Waals surface area contributed by atoms with Crippen molar-refractivity contribution in [2.45, 2.75) is 30.4 Å². The first-order chi connectivity index (χ1) is 16.6. The summed E-state index contributed by atoms with van der Waals surface area (Å²) in [6.07, 6.45) is 2.34. The van der Waals surface area contributed by atoms with E-state index in [1.54, 1.807) is 11.4 Å². The zero-order valence-corrected chi connectivity index (χ0v) is 21.5. The third-order valence-electron chi connectivity index (χ3n) is 5.74. The Bertz CT molecular complexity index is 1380. The summed E-state index contributed by atoms with van der Waals surface area (Å²) in [7, 11) is -7.24. The Labute approximate surface area is 209 Å². The number of carbonyl (C=O) groups is 1. The number of aryl methyl sites for hydroxylation is 1. The topological polar surface area (TPSA) is 126 Å². The van der Waals surface area contributed by atoms with Gasteiger partial charge in [0.1, 0.15) is 0 Å². The molecule has 2 aromatic carbocycles. The number of sulfonamides is 2. The number of nitrogens with zero attached hydrogens (tertiary/aromatic N) is 2. The van der Waals surface area contributed by atoms with Crippen molar-refractivity contribution in [3.8, 4) is 0 Å². The van der Waals surface area contributed by atoms with Crippen molar-refractivity contribution in [1.29, 1.82) is 0 Å². The molecule has 2 heterocycles. The summed E-state index contributed by atoms with van der Waals surface area (Å²) >= 11 is 1.17. The van der Waals surface area contributed by atoms with Crippen LogP contribution in [0.1, 0.15) is 24.0 Å². The third-order valence-corrected chi connectivity index (χ3v) is 9.76. The van der Waals surface area contributed by atoms with E-state index >= 15 is 0 Å². The number of carbonyl (C=O) groups excluding carboxylic acids is 1. The van der Waals surface area contributed by atoms with Gasteiger partial charge in [0.2, 0.25) is 15.9 Å². The summed E-state index contributed by atoms with van der Waals surface area (Å²) in [5, 5.41) is 4.74. The van der Waals surface area contributed by atoms with E-state index in [-0.39, 0.29) is 40.7 Å². The van der Waals surface area contributed by atoms with Gasteiger partial charge in [-0.2, -0.15) is 0 Å². The lowest BCUT2D eigenvalue weighted by atomic mass is 9.97. The van der Waals surface area contributed by atoms with E-state index < -0.39 is 20.0 Å². The lowest BCUT2D eigenvalue weighted by Gasteiger charge is -2.30. The van der Waals surface area contributed by atoms with Gasteiger partial charge in [0, 0.05) is 36.3 Å². The maximum atomic E-state index is 12.8. The number of aromatic nitrogens is 1. The number of nitrogens with one attached hydrogen (secondary N) is 2. The fourth-order valence-corrected chi connectivity index (χ4v) is 7.25. The van der Waals surface area contributed by atoms with E-state index in [0.29, 0.717) is 18.5 Å². The maximum Gasteiger partial charge on any atom is 0.263 e. The first kappa shape index (κ1) is 25.3. The van der Waals surface area contributed by atoms with Crippen LogP contribution < -0.4 is 10.0 Å². The number of thiazole rings is 1. The molecule has 2 N–H and O–H groups in total. The van der Waals surface area contributed by atoms with Crippen molar-refractivity contribution in [2.24, 2.45) is 5.92 Å². The second kappa shape index (κ2) is 10.4. The quantitative estimate of drug-likeness (QED) is 0.456. The van der Waals surface area contributed by atoms with Crippen LogP contribution in [0.3, 0.4) is 0 Å². The Morgan fingerprint density at radius 1 is 1.09 bits per heavy atom. The smallest absolute Gasteiger partial charge is 0.263 e. The largest absolute Gasteiger partial charge is 0.326 e. The summed E-state index contributed by atoms with van der Waals surface area (Å²) in [6, 6.07) is 13.3. The molecule has 0 radical (unpaired) electrons. The van der Waals surface area contributed by atoms with Crippen LogP contribution in [0.25, 0.3) is 0 Å². The molecule has 1 saturated heterocycles. The predicted molar refractivity (Wildman–Crippen MR) is 136 cm³/mol. The molecule has 12 heteroatoms. The second-order valence-electron chi connectivity index (χ2n) is 8.37. The van der Waals surface area contributed by atoms with Gasteiger partial charge in [-0.1, -0.05) is 29.8 Å². The van der Waals surface area contributed by atoms with Crippen molar-refractivity contribution in [1.82, 2.24) is 9.29 Å². The molecule has 186 valence electrons. The molecule has 1 amide bonds. The molecule has 1 aromatic heterocycles. The van der Waals surface area contributed by atoms with E-state index in [2.05, 4.69) is 15.0 Å². The first-order valence-corrected chi connectivity index (χ1v) is 15.0. The maximum absolute atomic E-state index is 12.8. The lowest BCUT2D eigenvalue weighted by molar-refractivity contribution is -0.120. The monoisotopic (exact) mass is 534 g/mol. The Morgan fingerprint density at radius 3 is 2.43 bits per heavy atom. The number of hydrogen-bond donors (Lipinski definition) is 2. The van der Waals surface area contributed by atoms with Crippen molar-refractivity contribution in [3.63, 3.8) is 0 Å². The van der Waals surface area contributed by atoms with Crippen molar-refractivity contribution < 1.29 is 21.6 Å². The van der Waals surface area contributed by atoms with Crippen molar-refractivity contribution in [3.05, 3.63) is 71.2 Å². The Morgan fingerprint density at radius 2 is 1.80 bits per heavy atom. The van der Waals surface area contributed by atoms with Crippen LogP contribution >= 0.6 is 11.3 Å². The Balaban J connectivity index is 1.31. The zero-order valence-electron chi connectivity index (χ0n) is 19.0. The molecule has 0 saturated carbocycles. The zero-order chi connectivity index (χ0) is 25.1. The highest BCUT2D eigenvalue weighted by atomic mass is 32.2. The minimum atomic E-state index is -3.77. The van der Waals surface area contributed by atoms with Gasteiger partial charge < -0.3 is 5.32 Å². The molecule has 9 nitrogen and oxygen atoms in total. The van der Waals surface area contributed by atoms with Crippen LogP contribution in [-0.2, 0) is 30.6 Å². The second-order valence-corrected chi connectivity index (χ2v) is 12.9. The van der Waals surface area contributed by atoms with E-state index in [1.807, 2.05) is 25.1 Å². The van der Waals surface area contributed by atoms with Crippen LogP contribution in [0.2, 0.25) is 0 Å². The van der Waals surface area contributed by atoms with Crippen LogP contribution in [0.4, 0.5) is 10.8 Å². The molecule has 3 aromatic rings.